The van der Waals surface area contributed by atoms with E-state index < -0.39 is 6.09 Å². The normalized spacial score (nSPS) is 23.5. The van der Waals surface area contributed by atoms with Gasteiger partial charge in [-0.15, -0.1) is 0 Å². The molecule has 0 aromatic carbocycles. The van der Waals surface area contributed by atoms with E-state index >= 15 is 0 Å². The van der Waals surface area contributed by atoms with Crippen molar-refractivity contribution in [3.8, 4) is 6.19 Å². The zero-order valence-corrected chi connectivity index (χ0v) is 6.90. The van der Waals surface area contributed by atoms with Gasteiger partial charge in [-0.1, -0.05) is 0 Å². The maximum atomic E-state index is 10.6. The van der Waals surface area contributed by atoms with Crippen LogP contribution in [0, 0.1) is 11.5 Å². The highest BCUT2D eigenvalue weighted by Gasteiger charge is 2.26. The van der Waals surface area contributed by atoms with Crippen molar-refractivity contribution in [1.82, 2.24) is 9.80 Å². The molecule has 1 heterocycles. The highest BCUT2D eigenvalue weighted by molar-refractivity contribution is 5.65. The second-order valence-electron chi connectivity index (χ2n) is 2.87. The minimum absolute atomic E-state index is 0.0871. The Morgan fingerprint density at radius 1 is 1.67 bits per heavy atom. The molecule has 0 bridgehead atoms. The van der Waals surface area contributed by atoms with E-state index in [1.54, 1.807) is 11.8 Å². The summed E-state index contributed by atoms with van der Waals surface area (Å²) in [6.45, 7) is 3.23. The lowest BCUT2D eigenvalue weighted by Crippen LogP contribution is -2.52. The predicted octanol–water partition coefficient (Wildman–Crippen LogP) is 0.152. The SMILES string of the molecule is CC1CN(C#N)CCN1C(=O)O. The Balaban J connectivity index is 2.55. The summed E-state index contributed by atoms with van der Waals surface area (Å²) in [4.78, 5) is 13.5. The fraction of sp³-hybridized carbons (Fsp3) is 0.714. The highest BCUT2D eigenvalue weighted by Crippen LogP contribution is 2.07. The molecule has 1 amide bonds. The summed E-state index contributed by atoms with van der Waals surface area (Å²) in [7, 11) is 0. The van der Waals surface area contributed by atoms with Crippen molar-refractivity contribution in [3.05, 3.63) is 0 Å². The van der Waals surface area contributed by atoms with Crippen LogP contribution in [0.15, 0.2) is 0 Å². The number of hydrogen-bond donors (Lipinski definition) is 1. The van der Waals surface area contributed by atoms with Gasteiger partial charge in [-0.2, -0.15) is 5.26 Å². The summed E-state index contributed by atoms with van der Waals surface area (Å²) in [5, 5.41) is 17.2. The van der Waals surface area contributed by atoms with Gasteiger partial charge in [-0.25, -0.2) is 4.79 Å². The first-order valence-electron chi connectivity index (χ1n) is 3.79. The van der Waals surface area contributed by atoms with E-state index in [4.69, 9.17) is 10.4 Å². The quantitative estimate of drug-likeness (QED) is 0.524. The lowest BCUT2D eigenvalue weighted by molar-refractivity contribution is 0.0931. The Morgan fingerprint density at radius 3 is 2.75 bits per heavy atom. The third-order valence-corrected chi connectivity index (χ3v) is 2.01. The molecule has 0 aliphatic carbocycles. The maximum Gasteiger partial charge on any atom is 0.407 e. The van der Waals surface area contributed by atoms with Crippen LogP contribution < -0.4 is 0 Å². The molecule has 1 N–H and O–H groups in total. The fourth-order valence-electron chi connectivity index (χ4n) is 1.33. The monoisotopic (exact) mass is 169 g/mol. The van der Waals surface area contributed by atoms with Gasteiger partial charge in [-0.3, -0.25) is 0 Å². The molecule has 1 unspecified atom stereocenters. The maximum absolute atomic E-state index is 10.6. The Morgan fingerprint density at radius 2 is 2.33 bits per heavy atom. The lowest BCUT2D eigenvalue weighted by Gasteiger charge is -2.35. The van der Waals surface area contributed by atoms with Crippen LogP contribution in [0.25, 0.3) is 0 Å². The molecule has 5 nitrogen and oxygen atoms in total. The Labute approximate surface area is 70.8 Å². The summed E-state index contributed by atoms with van der Waals surface area (Å²) >= 11 is 0. The molecule has 12 heavy (non-hydrogen) atoms. The summed E-state index contributed by atoms with van der Waals surface area (Å²) in [5.74, 6) is 0. The van der Waals surface area contributed by atoms with Crippen molar-refractivity contribution >= 4 is 6.09 Å². The second kappa shape index (κ2) is 3.30. The third kappa shape index (κ3) is 1.59. The average Bonchev–Trinajstić information content (AvgIpc) is 2.03. The molecule has 1 rings (SSSR count). The van der Waals surface area contributed by atoms with Crippen LogP contribution in [-0.2, 0) is 0 Å². The standard InChI is InChI=1S/C7H11N3O2/c1-6-4-9(5-8)2-3-10(6)7(11)12/h6H,2-4H2,1H3,(H,11,12). The summed E-state index contributed by atoms with van der Waals surface area (Å²) in [6.07, 6.45) is 1.10. The van der Waals surface area contributed by atoms with E-state index in [0.29, 0.717) is 19.6 Å². The Kier molecular flexibility index (Phi) is 2.38. The molecule has 1 saturated heterocycles. The van der Waals surface area contributed by atoms with Crippen LogP contribution in [0.3, 0.4) is 0 Å². The largest absolute Gasteiger partial charge is 0.465 e. The topological polar surface area (TPSA) is 67.6 Å². The van der Waals surface area contributed by atoms with Crippen molar-refractivity contribution in [2.24, 2.45) is 0 Å². The van der Waals surface area contributed by atoms with Crippen LogP contribution >= 0.6 is 0 Å². The van der Waals surface area contributed by atoms with Gasteiger partial charge < -0.3 is 14.9 Å². The van der Waals surface area contributed by atoms with Crippen LogP contribution in [0.4, 0.5) is 4.79 Å². The number of piperazine rings is 1. The number of carbonyl (C=O) groups is 1. The molecule has 1 atom stereocenters. The van der Waals surface area contributed by atoms with E-state index in [-0.39, 0.29) is 6.04 Å². The second-order valence-corrected chi connectivity index (χ2v) is 2.87. The van der Waals surface area contributed by atoms with Crippen molar-refractivity contribution in [2.45, 2.75) is 13.0 Å². The minimum atomic E-state index is -0.903. The van der Waals surface area contributed by atoms with Crippen molar-refractivity contribution in [3.63, 3.8) is 0 Å². The van der Waals surface area contributed by atoms with E-state index in [2.05, 4.69) is 0 Å². The summed E-state index contributed by atoms with van der Waals surface area (Å²) in [6, 6.07) is -0.0871. The third-order valence-electron chi connectivity index (χ3n) is 2.01. The number of hydrogen-bond acceptors (Lipinski definition) is 3. The molecule has 66 valence electrons. The van der Waals surface area contributed by atoms with Crippen molar-refractivity contribution in [2.75, 3.05) is 19.6 Å². The van der Waals surface area contributed by atoms with Gasteiger partial charge in [0.25, 0.3) is 0 Å². The predicted molar refractivity (Wildman–Crippen MR) is 41.4 cm³/mol. The Bertz CT molecular complexity index is 223. The van der Waals surface area contributed by atoms with Gasteiger partial charge >= 0.3 is 6.09 Å². The molecule has 0 aromatic rings. The van der Waals surface area contributed by atoms with Gasteiger partial charge in [0.1, 0.15) is 0 Å². The lowest BCUT2D eigenvalue weighted by atomic mass is 10.2. The first kappa shape index (κ1) is 8.65. The molecule has 0 aromatic heterocycles. The molecule has 0 spiro atoms. The first-order valence-corrected chi connectivity index (χ1v) is 3.79. The number of amides is 1. The molecule has 0 radical (unpaired) electrons. The molecule has 1 fully saturated rings. The van der Waals surface area contributed by atoms with Crippen LogP contribution in [0.5, 0.6) is 0 Å². The summed E-state index contributed by atoms with van der Waals surface area (Å²) < 4.78 is 0. The summed E-state index contributed by atoms with van der Waals surface area (Å²) in [5.41, 5.74) is 0. The van der Waals surface area contributed by atoms with Crippen molar-refractivity contribution in [1.29, 1.82) is 5.26 Å². The van der Waals surface area contributed by atoms with Crippen LogP contribution in [-0.4, -0.2) is 46.7 Å². The molecule has 1 aliphatic heterocycles. The van der Waals surface area contributed by atoms with Crippen LogP contribution in [0.2, 0.25) is 0 Å². The molecular weight excluding hydrogens is 158 g/mol. The Hall–Kier alpha value is -1.44. The number of rotatable bonds is 0. The minimum Gasteiger partial charge on any atom is -0.465 e. The van der Waals surface area contributed by atoms with Crippen molar-refractivity contribution < 1.29 is 9.90 Å². The highest BCUT2D eigenvalue weighted by atomic mass is 16.4. The van der Waals surface area contributed by atoms with Gasteiger partial charge in [0.2, 0.25) is 0 Å². The molecule has 1 aliphatic rings. The van der Waals surface area contributed by atoms with E-state index in [1.165, 1.54) is 4.90 Å². The zero-order valence-electron chi connectivity index (χ0n) is 6.90. The molecular formula is C7H11N3O2. The van der Waals surface area contributed by atoms with E-state index in [9.17, 15) is 4.79 Å². The van der Waals surface area contributed by atoms with E-state index in [0.717, 1.165) is 0 Å². The molecule has 5 heteroatoms. The van der Waals surface area contributed by atoms with Gasteiger partial charge in [0.05, 0.1) is 6.04 Å². The number of nitriles is 1. The molecule has 0 saturated carbocycles. The van der Waals surface area contributed by atoms with Gasteiger partial charge in [-0.05, 0) is 6.92 Å². The van der Waals surface area contributed by atoms with Crippen LogP contribution in [0.1, 0.15) is 6.92 Å². The smallest absolute Gasteiger partial charge is 0.407 e. The number of carboxylic acid groups (broad SMARTS) is 1. The fourth-order valence-corrected chi connectivity index (χ4v) is 1.33. The van der Waals surface area contributed by atoms with E-state index in [1.807, 2.05) is 6.19 Å². The first-order chi connectivity index (χ1) is 5.65. The zero-order chi connectivity index (χ0) is 9.14. The van der Waals surface area contributed by atoms with Gasteiger partial charge in [0, 0.05) is 19.6 Å². The van der Waals surface area contributed by atoms with Gasteiger partial charge in [0.15, 0.2) is 6.19 Å². The average molecular weight is 169 g/mol. The number of nitrogens with zero attached hydrogens (tertiary/aromatic N) is 3.